The molecule has 4 heteroatoms. The Morgan fingerprint density at radius 2 is 1.90 bits per heavy atom. The lowest BCUT2D eigenvalue weighted by Gasteiger charge is -2.21. The SMILES string of the molecule is CCN(C(=O)COc1cccc(Cl)c1)c1ccccc1. The van der Waals surface area contributed by atoms with Crippen LogP contribution < -0.4 is 9.64 Å². The van der Waals surface area contributed by atoms with Gasteiger partial charge in [0.05, 0.1) is 0 Å². The molecule has 0 radical (unpaired) electrons. The van der Waals surface area contributed by atoms with Crippen LogP contribution in [0.2, 0.25) is 5.02 Å². The standard InChI is InChI=1S/C16H16ClNO2/c1-2-18(14-8-4-3-5-9-14)16(19)12-20-15-10-6-7-13(17)11-15/h3-11H,2,12H2,1H3. The molecule has 0 fully saturated rings. The summed E-state index contributed by atoms with van der Waals surface area (Å²) in [4.78, 5) is 13.9. The van der Waals surface area contributed by atoms with Crippen molar-refractivity contribution in [1.82, 2.24) is 0 Å². The van der Waals surface area contributed by atoms with Crippen LogP contribution in [0.1, 0.15) is 6.92 Å². The molecule has 1 amide bonds. The van der Waals surface area contributed by atoms with Crippen LogP contribution in [0.4, 0.5) is 5.69 Å². The van der Waals surface area contributed by atoms with Gasteiger partial charge >= 0.3 is 0 Å². The second-order valence-electron chi connectivity index (χ2n) is 4.22. The van der Waals surface area contributed by atoms with E-state index in [9.17, 15) is 4.79 Å². The molecule has 0 unspecified atom stereocenters. The number of carbonyl (C=O) groups excluding carboxylic acids is 1. The van der Waals surface area contributed by atoms with Gasteiger partial charge < -0.3 is 9.64 Å². The number of hydrogen-bond donors (Lipinski definition) is 0. The van der Waals surface area contributed by atoms with Crippen LogP contribution in [0.15, 0.2) is 54.6 Å². The Kier molecular flexibility index (Phi) is 5.02. The number of anilines is 1. The van der Waals surface area contributed by atoms with E-state index >= 15 is 0 Å². The fraction of sp³-hybridized carbons (Fsp3) is 0.188. The molecule has 0 aliphatic carbocycles. The smallest absolute Gasteiger partial charge is 0.264 e. The van der Waals surface area contributed by atoms with Crippen LogP contribution in [0, 0.1) is 0 Å². The summed E-state index contributed by atoms with van der Waals surface area (Å²) >= 11 is 5.87. The number of ether oxygens (including phenoxy) is 1. The van der Waals surface area contributed by atoms with E-state index in [2.05, 4.69) is 0 Å². The maximum Gasteiger partial charge on any atom is 0.264 e. The van der Waals surface area contributed by atoms with E-state index in [4.69, 9.17) is 16.3 Å². The van der Waals surface area contributed by atoms with Crippen LogP contribution in [0.5, 0.6) is 5.75 Å². The van der Waals surface area contributed by atoms with Gasteiger partial charge in [-0.25, -0.2) is 0 Å². The average Bonchev–Trinajstić information content (AvgIpc) is 2.47. The second-order valence-corrected chi connectivity index (χ2v) is 4.66. The molecule has 104 valence electrons. The number of amides is 1. The van der Waals surface area contributed by atoms with Crippen molar-refractivity contribution in [3.05, 3.63) is 59.6 Å². The van der Waals surface area contributed by atoms with E-state index in [-0.39, 0.29) is 12.5 Å². The van der Waals surface area contributed by atoms with Crippen molar-refractivity contribution in [2.24, 2.45) is 0 Å². The van der Waals surface area contributed by atoms with E-state index in [0.717, 1.165) is 5.69 Å². The lowest BCUT2D eigenvalue weighted by molar-refractivity contribution is -0.120. The summed E-state index contributed by atoms with van der Waals surface area (Å²) in [6, 6.07) is 16.6. The van der Waals surface area contributed by atoms with Crippen LogP contribution >= 0.6 is 11.6 Å². The predicted octanol–water partition coefficient (Wildman–Crippen LogP) is 3.77. The minimum atomic E-state index is -0.0846. The molecule has 2 rings (SSSR count). The van der Waals surface area contributed by atoms with Crippen molar-refractivity contribution in [3.63, 3.8) is 0 Å². The monoisotopic (exact) mass is 289 g/mol. The molecule has 0 aliphatic heterocycles. The molecule has 0 bridgehead atoms. The van der Waals surface area contributed by atoms with Crippen molar-refractivity contribution in [2.45, 2.75) is 6.92 Å². The van der Waals surface area contributed by atoms with Crippen LogP contribution in [-0.4, -0.2) is 19.1 Å². The Balaban J connectivity index is 2.00. The Morgan fingerprint density at radius 1 is 1.15 bits per heavy atom. The third-order valence-electron chi connectivity index (χ3n) is 2.84. The molecular formula is C16H16ClNO2. The molecule has 0 N–H and O–H groups in total. The molecule has 0 atom stereocenters. The number of nitrogens with zero attached hydrogens (tertiary/aromatic N) is 1. The zero-order valence-corrected chi connectivity index (χ0v) is 12.0. The molecule has 2 aromatic carbocycles. The van der Waals surface area contributed by atoms with Gasteiger partial charge in [-0.15, -0.1) is 0 Å². The summed E-state index contributed by atoms with van der Waals surface area (Å²) in [7, 11) is 0. The predicted molar refractivity (Wildman–Crippen MR) is 81.4 cm³/mol. The van der Waals surface area contributed by atoms with Gasteiger partial charge in [0.1, 0.15) is 5.75 Å². The number of likely N-dealkylation sites (N-methyl/N-ethyl adjacent to an activating group) is 1. The Morgan fingerprint density at radius 3 is 2.55 bits per heavy atom. The van der Waals surface area contributed by atoms with E-state index in [1.165, 1.54) is 0 Å². The quantitative estimate of drug-likeness (QED) is 0.838. The lowest BCUT2D eigenvalue weighted by Crippen LogP contribution is -2.34. The number of carbonyl (C=O) groups is 1. The maximum atomic E-state index is 12.2. The molecule has 2 aromatic rings. The summed E-state index contributed by atoms with van der Waals surface area (Å²) < 4.78 is 5.48. The zero-order valence-electron chi connectivity index (χ0n) is 11.3. The second kappa shape index (κ2) is 6.96. The van der Waals surface area contributed by atoms with Gasteiger partial charge in [-0.3, -0.25) is 4.79 Å². The van der Waals surface area contributed by atoms with Crippen molar-refractivity contribution < 1.29 is 9.53 Å². The van der Waals surface area contributed by atoms with Gasteiger partial charge in [-0.1, -0.05) is 35.9 Å². The summed E-state index contributed by atoms with van der Waals surface area (Å²) in [6.07, 6.45) is 0. The van der Waals surface area contributed by atoms with Crippen molar-refractivity contribution >= 4 is 23.2 Å². The van der Waals surface area contributed by atoms with Crippen molar-refractivity contribution in [2.75, 3.05) is 18.1 Å². The van der Waals surface area contributed by atoms with Gasteiger partial charge in [-0.05, 0) is 37.3 Å². The first-order valence-electron chi connectivity index (χ1n) is 6.44. The third-order valence-corrected chi connectivity index (χ3v) is 3.08. The summed E-state index contributed by atoms with van der Waals surface area (Å²) in [5.41, 5.74) is 0.870. The molecule has 3 nitrogen and oxygen atoms in total. The van der Waals surface area contributed by atoms with E-state index in [1.807, 2.05) is 37.3 Å². The summed E-state index contributed by atoms with van der Waals surface area (Å²) in [6.45, 7) is 2.52. The first kappa shape index (κ1) is 14.4. The van der Waals surface area contributed by atoms with E-state index in [0.29, 0.717) is 17.3 Å². The normalized spacial score (nSPS) is 10.1. The van der Waals surface area contributed by atoms with E-state index < -0.39 is 0 Å². The number of hydrogen-bond acceptors (Lipinski definition) is 2. The molecule has 0 saturated carbocycles. The topological polar surface area (TPSA) is 29.5 Å². The molecule has 0 aliphatic rings. The molecule has 0 heterocycles. The molecular weight excluding hydrogens is 274 g/mol. The first-order chi connectivity index (χ1) is 9.70. The van der Waals surface area contributed by atoms with Crippen molar-refractivity contribution in [1.29, 1.82) is 0 Å². The highest BCUT2D eigenvalue weighted by atomic mass is 35.5. The highest BCUT2D eigenvalue weighted by molar-refractivity contribution is 6.30. The van der Waals surface area contributed by atoms with Crippen molar-refractivity contribution in [3.8, 4) is 5.75 Å². The number of para-hydroxylation sites is 1. The minimum absolute atomic E-state index is 0.0108. The summed E-state index contributed by atoms with van der Waals surface area (Å²) in [5, 5.41) is 0.588. The molecule has 20 heavy (non-hydrogen) atoms. The molecule has 0 saturated heterocycles. The van der Waals surface area contributed by atoms with Crippen LogP contribution in [-0.2, 0) is 4.79 Å². The van der Waals surface area contributed by atoms with Gasteiger partial charge in [0, 0.05) is 17.3 Å². The lowest BCUT2D eigenvalue weighted by atomic mass is 10.3. The fourth-order valence-electron chi connectivity index (χ4n) is 1.89. The van der Waals surface area contributed by atoms with Gasteiger partial charge in [0.15, 0.2) is 6.61 Å². The number of halogens is 1. The maximum absolute atomic E-state index is 12.2. The number of rotatable bonds is 5. The minimum Gasteiger partial charge on any atom is -0.484 e. The van der Waals surface area contributed by atoms with Gasteiger partial charge in [-0.2, -0.15) is 0 Å². The van der Waals surface area contributed by atoms with Crippen LogP contribution in [0.25, 0.3) is 0 Å². The first-order valence-corrected chi connectivity index (χ1v) is 6.82. The highest BCUT2D eigenvalue weighted by Crippen LogP contribution is 2.18. The van der Waals surface area contributed by atoms with E-state index in [1.54, 1.807) is 29.2 Å². The highest BCUT2D eigenvalue weighted by Gasteiger charge is 2.14. The zero-order chi connectivity index (χ0) is 14.4. The fourth-order valence-corrected chi connectivity index (χ4v) is 2.07. The Labute approximate surface area is 123 Å². The Hall–Kier alpha value is -2.00. The largest absolute Gasteiger partial charge is 0.484 e. The molecule has 0 aromatic heterocycles. The number of benzene rings is 2. The Bertz CT molecular complexity index is 572. The van der Waals surface area contributed by atoms with Gasteiger partial charge in [0.2, 0.25) is 0 Å². The summed E-state index contributed by atoms with van der Waals surface area (Å²) in [5.74, 6) is 0.508. The average molecular weight is 290 g/mol. The molecule has 0 spiro atoms. The third kappa shape index (κ3) is 3.75. The van der Waals surface area contributed by atoms with Gasteiger partial charge in [0.25, 0.3) is 5.91 Å². The van der Waals surface area contributed by atoms with Crippen LogP contribution in [0.3, 0.4) is 0 Å².